The van der Waals surface area contributed by atoms with Crippen LogP contribution in [0.4, 0.5) is 10.1 Å². The zero-order valence-electron chi connectivity index (χ0n) is 13.9. The first kappa shape index (κ1) is 18.9. The van der Waals surface area contributed by atoms with Crippen LogP contribution in [-0.2, 0) is 21.4 Å². The molecule has 2 aromatic rings. The summed E-state index contributed by atoms with van der Waals surface area (Å²) in [5.74, 6) is -0.390. The Kier molecular flexibility index (Phi) is 6.11. The van der Waals surface area contributed by atoms with Gasteiger partial charge in [0, 0.05) is 12.2 Å². The number of rotatable bonds is 7. The van der Waals surface area contributed by atoms with Crippen LogP contribution in [0, 0.1) is 5.82 Å². The normalized spacial score (nSPS) is 11.4. The lowest BCUT2D eigenvalue weighted by Gasteiger charge is -2.19. The number of ether oxygens (including phenoxy) is 1. The Morgan fingerprint density at radius 2 is 1.88 bits per heavy atom. The molecule has 0 fully saturated rings. The van der Waals surface area contributed by atoms with E-state index in [9.17, 15) is 17.6 Å². The Hall–Kier alpha value is -2.45. The molecule has 8 heteroatoms. The number of carbonyl (C=O) groups is 1. The Morgan fingerprint density at radius 1 is 1.20 bits per heavy atom. The average molecular weight is 366 g/mol. The maximum absolute atomic E-state index is 13.2. The van der Waals surface area contributed by atoms with E-state index in [1.807, 2.05) is 0 Å². The number of hydrogen-bond donors (Lipinski definition) is 1. The number of nitrogens with zero attached hydrogens (tertiary/aromatic N) is 1. The third kappa shape index (κ3) is 5.84. The van der Waals surface area contributed by atoms with Gasteiger partial charge in [0.1, 0.15) is 11.6 Å². The molecule has 0 saturated carbocycles. The third-order valence-corrected chi connectivity index (χ3v) is 4.61. The summed E-state index contributed by atoms with van der Waals surface area (Å²) < 4.78 is 43.2. The highest BCUT2D eigenvalue weighted by atomic mass is 32.2. The number of carbonyl (C=O) groups excluding carboxylic acids is 1. The minimum Gasteiger partial charge on any atom is -0.497 e. The highest BCUT2D eigenvalue weighted by Gasteiger charge is 2.20. The van der Waals surface area contributed by atoms with Crippen molar-refractivity contribution in [3.63, 3.8) is 0 Å². The Balaban J connectivity index is 2.08. The van der Waals surface area contributed by atoms with Crippen molar-refractivity contribution >= 4 is 21.6 Å². The van der Waals surface area contributed by atoms with Gasteiger partial charge in [-0.3, -0.25) is 4.79 Å². The molecule has 134 valence electrons. The molecule has 2 aromatic carbocycles. The molecule has 0 heterocycles. The molecule has 0 saturated heterocycles. The van der Waals surface area contributed by atoms with Gasteiger partial charge in [0.05, 0.1) is 19.9 Å². The van der Waals surface area contributed by atoms with Gasteiger partial charge >= 0.3 is 0 Å². The number of benzene rings is 2. The quantitative estimate of drug-likeness (QED) is 0.815. The molecule has 0 atom stereocenters. The van der Waals surface area contributed by atoms with E-state index in [1.165, 1.54) is 25.3 Å². The summed E-state index contributed by atoms with van der Waals surface area (Å²) in [6.45, 7) is -0.333. The summed E-state index contributed by atoms with van der Waals surface area (Å²) >= 11 is 0. The average Bonchev–Trinajstić information content (AvgIpc) is 2.54. The topological polar surface area (TPSA) is 75.7 Å². The predicted molar refractivity (Wildman–Crippen MR) is 93.3 cm³/mol. The van der Waals surface area contributed by atoms with E-state index in [1.54, 1.807) is 24.3 Å². The molecule has 1 amide bonds. The zero-order valence-corrected chi connectivity index (χ0v) is 14.7. The monoisotopic (exact) mass is 366 g/mol. The number of methoxy groups -OCH3 is 1. The van der Waals surface area contributed by atoms with Crippen LogP contribution < -0.4 is 10.1 Å². The van der Waals surface area contributed by atoms with Crippen LogP contribution in [0.3, 0.4) is 0 Å². The standard InChI is InChI=1S/C17H19FN2O4S/c1-24-16-8-6-13(7-9-16)11-20(25(2,22)23)12-17(21)19-15-5-3-4-14(18)10-15/h3-10H,11-12H2,1-2H3,(H,19,21). The lowest BCUT2D eigenvalue weighted by molar-refractivity contribution is -0.116. The molecule has 0 aliphatic rings. The van der Waals surface area contributed by atoms with Crippen LogP contribution >= 0.6 is 0 Å². The van der Waals surface area contributed by atoms with E-state index in [4.69, 9.17) is 4.74 Å². The number of nitrogens with one attached hydrogen (secondary N) is 1. The second kappa shape index (κ2) is 8.09. The van der Waals surface area contributed by atoms with E-state index in [0.29, 0.717) is 11.3 Å². The SMILES string of the molecule is COc1ccc(CN(CC(=O)Nc2cccc(F)c2)S(C)(=O)=O)cc1. The van der Waals surface area contributed by atoms with Gasteiger partial charge in [-0.1, -0.05) is 18.2 Å². The van der Waals surface area contributed by atoms with E-state index in [-0.39, 0.29) is 18.8 Å². The molecule has 0 aliphatic heterocycles. The number of sulfonamides is 1. The van der Waals surface area contributed by atoms with Gasteiger partial charge < -0.3 is 10.1 Å². The van der Waals surface area contributed by atoms with E-state index in [2.05, 4.69) is 5.32 Å². The van der Waals surface area contributed by atoms with Crippen molar-refractivity contribution in [1.29, 1.82) is 0 Å². The van der Waals surface area contributed by atoms with Crippen LogP contribution in [-0.4, -0.2) is 38.5 Å². The number of halogens is 1. The maximum Gasteiger partial charge on any atom is 0.239 e. The fraction of sp³-hybridized carbons (Fsp3) is 0.235. The fourth-order valence-electron chi connectivity index (χ4n) is 2.15. The smallest absolute Gasteiger partial charge is 0.239 e. The third-order valence-electron chi connectivity index (χ3n) is 3.42. The van der Waals surface area contributed by atoms with Crippen molar-refractivity contribution in [2.24, 2.45) is 0 Å². The highest BCUT2D eigenvalue weighted by molar-refractivity contribution is 7.88. The van der Waals surface area contributed by atoms with Crippen molar-refractivity contribution in [3.8, 4) is 5.75 Å². The van der Waals surface area contributed by atoms with Gasteiger partial charge in [0.25, 0.3) is 0 Å². The lowest BCUT2D eigenvalue weighted by Crippen LogP contribution is -2.36. The van der Waals surface area contributed by atoms with E-state index in [0.717, 1.165) is 16.6 Å². The van der Waals surface area contributed by atoms with Gasteiger partial charge in [0.2, 0.25) is 15.9 Å². The van der Waals surface area contributed by atoms with Gasteiger partial charge in [-0.15, -0.1) is 0 Å². The molecule has 0 spiro atoms. The lowest BCUT2D eigenvalue weighted by atomic mass is 10.2. The summed E-state index contributed by atoms with van der Waals surface area (Å²) in [5.41, 5.74) is 0.979. The molecule has 0 bridgehead atoms. The number of hydrogen-bond acceptors (Lipinski definition) is 4. The maximum atomic E-state index is 13.2. The van der Waals surface area contributed by atoms with Crippen molar-refractivity contribution in [2.75, 3.05) is 25.2 Å². The highest BCUT2D eigenvalue weighted by Crippen LogP contribution is 2.15. The van der Waals surface area contributed by atoms with Gasteiger partial charge in [-0.05, 0) is 35.9 Å². The Bertz CT molecular complexity index is 838. The van der Waals surface area contributed by atoms with Crippen LogP contribution in [0.2, 0.25) is 0 Å². The molecule has 2 rings (SSSR count). The molecular weight excluding hydrogens is 347 g/mol. The number of amides is 1. The second-order valence-electron chi connectivity index (χ2n) is 5.44. The molecule has 0 aliphatic carbocycles. The van der Waals surface area contributed by atoms with Crippen molar-refractivity contribution < 1.29 is 22.3 Å². The largest absolute Gasteiger partial charge is 0.497 e. The molecule has 25 heavy (non-hydrogen) atoms. The second-order valence-corrected chi connectivity index (χ2v) is 7.42. The van der Waals surface area contributed by atoms with E-state index < -0.39 is 21.7 Å². The molecule has 0 radical (unpaired) electrons. The number of anilines is 1. The van der Waals surface area contributed by atoms with Crippen LogP contribution in [0.15, 0.2) is 48.5 Å². The summed E-state index contributed by atoms with van der Waals surface area (Å²) in [5, 5.41) is 2.48. The predicted octanol–water partition coefficient (Wildman–Crippen LogP) is 2.23. The van der Waals surface area contributed by atoms with E-state index >= 15 is 0 Å². The summed E-state index contributed by atoms with van der Waals surface area (Å²) in [6, 6.07) is 12.3. The molecule has 1 N–H and O–H groups in total. The van der Waals surface area contributed by atoms with Crippen LogP contribution in [0.5, 0.6) is 5.75 Å². The zero-order chi connectivity index (χ0) is 18.4. The first-order chi connectivity index (χ1) is 11.8. The molecule has 6 nitrogen and oxygen atoms in total. The van der Waals surface area contributed by atoms with Crippen molar-refractivity contribution in [2.45, 2.75) is 6.54 Å². The van der Waals surface area contributed by atoms with Gasteiger partial charge in [-0.25, -0.2) is 12.8 Å². The fourth-order valence-corrected chi connectivity index (χ4v) is 2.89. The molecule has 0 unspecified atom stereocenters. The minimum atomic E-state index is -3.61. The minimum absolute atomic E-state index is 0.0411. The summed E-state index contributed by atoms with van der Waals surface area (Å²) in [6.07, 6.45) is 1.03. The van der Waals surface area contributed by atoms with Crippen molar-refractivity contribution in [3.05, 3.63) is 59.9 Å². The molecular formula is C17H19FN2O4S. The summed E-state index contributed by atoms with van der Waals surface area (Å²) in [7, 11) is -2.07. The van der Waals surface area contributed by atoms with Crippen molar-refractivity contribution in [1.82, 2.24) is 4.31 Å². The summed E-state index contributed by atoms with van der Waals surface area (Å²) in [4.78, 5) is 12.1. The van der Waals surface area contributed by atoms with Crippen LogP contribution in [0.1, 0.15) is 5.56 Å². The molecule has 0 aromatic heterocycles. The first-order valence-corrected chi connectivity index (χ1v) is 9.26. The van der Waals surface area contributed by atoms with Gasteiger partial charge in [0.15, 0.2) is 0 Å². The van der Waals surface area contributed by atoms with Crippen LogP contribution in [0.25, 0.3) is 0 Å². The first-order valence-electron chi connectivity index (χ1n) is 7.41. The van der Waals surface area contributed by atoms with Gasteiger partial charge in [-0.2, -0.15) is 4.31 Å². The Morgan fingerprint density at radius 3 is 2.44 bits per heavy atom. The Labute approximate surface area is 146 Å².